The summed E-state index contributed by atoms with van der Waals surface area (Å²) >= 11 is 0. The maximum atomic E-state index is 5.76. The summed E-state index contributed by atoms with van der Waals surface area (Å²) in [6.07, 6.45) is 2.15. The van der Waals surface area contributed by atoms with E-state index in [0.29, 0.717) is 18.3 Å². The predicted molar refractivity (Wildman–Crippen MR) is 59.2 cm³/mol. The first-order chi connectivity index (χ1) is 5.89. The van der Waals surface area contributed by atoms with Gasteiger partial charge in [-0.05, 0) is 31.6 Å². The predicted octanol–water partition coefficient (Wildman–Crippen LogP) is 3.05. The highest BCUT2D eigenvalue weighted by Gasteiger charge is 2.23. The van der Waals surface area contributed by atoms with E-state index in [1.807, 2.05) is 0 Å². The fourth-order valence-electron chi connectivity index (χ4n) is 1.55. The number of ether oxygens (including phenoxy) is 1. The molecule has 0 aromatic rings. The Morgan fingerprint density at radius 2 is 1.77 bits per heavy atom. The molecule has 0 amide bonds. The number of rotatable bonds is 6. The minimum Gasteiger partial charge on any atom is -0.378 e. The third-order valence-electron chi connectivity index (χ3n) is 2.16. The van der Waals surface area contributed by atoms with Gasteiger partial charge in [0.25, 0.3) is 0 Å². The van der Waals surface area contributed by atoms with Crippen molar-refractivity contribution in [3.63, 3.8) is 0 Å². The molecular weight excluding hydrogens is 159 g/mol. The lowest BCUT2D eigenvalue weighted by molar-refractivity contribution is 0.0138. The molecule has 0 aliphatic heterocycles. The van der Waals surface area contributed by atoms with E-state index in [-0.39, 0.29) is 5.41 Å². The van der Waals surface area contributed by atoms with Crippen LogP contribution in [0.1, 0.15) is 41.0 Å². The van der Waals surface area contributed by atoms with Gasteiger partial charge in [-0.15, -0.1) is 0 Å². The summed E-state index contributed by atoms with van der Waals surface area (Å²) in [5.41, 5.74) is 0.151. The lowest BCUT2D eigenvalue weighted by Gasteiger charge is -2.31. The van der Waals surface area contributed by atoms with E-state index in [4.69, 9.17) is 12.6 Å². The second kappa shape index (κ2) is 5.69. The summed E-state index contributed by atoms with van der Waals surface area (Å²) in [4.78, 5) is 0. The molecule has 76 valence electrons. The Hall–Kier alpha value is 0.0249. The van der Waals surface area contributed by atoms with Gasteiger partial charge in [-0.1, -0.05) is 27.1 Å². The Labute approximate surface area is 84.7 Å². The fourth-order valence-corrected chi connectivity index (χ4v) is 1.55. The smallest absolute Gasteiger partial charge is 0.0661 e. The molecule has 1 unspecified atom stereocenters. The molecule has 0 bridgehead atoms. The van der Waals surface area contributed by atoms with Gasteiger partial charge in [0, 0.05) is 0 Å². The summed E-state index contributed by atoms with van der Waals surface area (Å²) in [5.74, 6) is 0.685. The molecule has 0 aromatic carbocycles. The van der Waals surface area contributed by atoms with Crippen LogP contribution >= 0.6 is 0 Å². The van der Waals surface area contributed by atoms with Crippen molar-refractivity contribution in [3.05, 3.63) is 0 Å². The Bertz CT molecular complexity index is 134. The van der Waals surface area contributed by atoms with Crippen molar-refractivity contribution < 1.29 is 4.74 Å². The van der Waals surface area contributed by atoms with Gasteiger partial charge < -0.3 is 4.74 Å². The minimum atomic E-state index is 0.151. The van der Waals surface area contributed by atoms with Crippen molar-refractivity contribution in [2.75, 3.05) is 6.61 Å². The van der Waals surface area contributed by atoms with Crippen LogP contribution in [0, 0.1) is 11.3 Å². The third kappa shape index (κ3) is 6.14. The van der Waals surface area contributed by atoms with E-state index in [1.165, 1.54) is 0 Å². The Morgan fingerprint density at radius 1 is 1.23 bits per heavy atom. The summed E-state index contributed by atoms with van der Waals surface area (Å²) < 4.78 is 5.62. The quantitative estimate of drug-likeness (QED) is 0.573. The van der Waals surface area contributed by atoms with Crippen molar-refractivity contribution in [2.45, 2.75) is 53.5 Å². The summed E-state index contributed by atoms with van der Waals surface area (Å²) in [7, 11) is 5.76. The zero-order valence-electron chi connectivity index (χ0n) is 9.76. The van der Waals surface area contributed by atoms with Crippen molar-refractivity contribution in [1.29, 1.82) is 0 Å². The first kappa shape index (κ1) is 13.0. The Kier molecular flexibility index (Phi) is 5.70. The molecule has 2 radical (unpaired) electrons. The van der Waals surface area contributed by atoms with Crippen molar-refractivity contribution in [2.24, 2.45) is 11.3 Å². The molecule has 2 heteroatoms. The largest absolute Gasteiger partial charge is 0.378 e. The molecule has 0 fully saturated rings. The van der Waals surface area contributed by atoms with Crippen molar-refractivity contribution in [1.82, 2.24) is 0 Å². The molecule has 0 N–H and O–H groups in total. The van der Waals surface area contributed by atoms with Crippen molar-refractivity contribution >= 4 is 7.85 Å². The van der Waals surface area contributed by atoms with E-state index in [0.717, 1.165) is 13.0 Å². The molecule has 1 atom stereocenters. The minimum absolute atomic E-state index is 0.151. The lowest BCUT2D eigenvalue weighted by Crippen LogP contribution is -2.26. The van der Waals surface area contributed by atoms with Gasteiger partial charge in [0.2, 0.25) is 0 Å². The van der Waals surface area contributed by atoms with Crippen LogP contribution in [0.2, 0.25) is 6.32 Å². The second-order valence-electron chi connectivity index (χ2n) is 4.97. The first-order valence-electron chi connectivity index (χ1n) is 5.21. The molecule has 0 aliphatic rings. The Balaban J connectivity index is 3.96. The monoisotopic (exact) mass is 182 g/mol. The molecule has 13 heavy (non-hydrogen) atoms. The van der Waals surface area contributed by atoms with Crippen LogP contribution in [0.4, 0.5) is 0 Å². The van der Waals surface area contributed by atoms with E-state index >= 15 is 0 Å². The molecule has 0 heterocycles. The standard InChI is InChI=1S/C11H23BO/c1-9(2)6-11(5,7-12)8-13-10(3)4/h9-10H,6-8H2,1-5H3. The van der Waals surface area contributed by atoms with E-state index in [9.17, 15) is 0 Å². The second-order valence-corrected chi connectivity index (χ2v) is 4.97. The van der Waals surface area contributed by atoms with E-state index in [2.05, 4.69) is 34.6 Å². The molecule has 0 saturated carbocycles. The molecule has 1 nitrogen and oxygen atoms in total. The third-order valence-corrected chi connectivity index (χ3v) is 2.16. The average molecular weight is 182 g/mol. The highest BCUT2D eigenvalue weighted by molar-refractivity contribution is 6.08. The van der Waals surface area contributed by atoms with Gasteiger partial charge in [-0.3, -0.25) is 0 Å². The molecular formula is C11H23BO. The average Bonchev–Trinajstić information content (AvgIpc) is 2.00. The van der Waals surface area contributed by atoms with Gasteiger partial charge in [-0.2, -0.15) is 0 Å². The zero-order chi connectivity index (χ0) is 10.5. The maximum Gasteiger partial charge on any atom is 0.0661 e. The lowest BCUT2D eigenvalue weighted by atomic mass is 9.73. The SMILES string of the molecule is [B]CC(C)(COC(C)C)CC(C)C. The molecule has 0 saturated heterocycles. The first-order valence-corrected chi connectivity index (χ1v) is 5.21. The topological polar surface area (TPSA) is 9.23 Å². The molecule has 0 aromatic heterocycles. The number of hydrogen-bond acceptors (Lipinski definition) is 1. The van der Waals surface area contributed by atoms with E-state index < -0.39 is 0 Å². The summed E-state index contributed by atoms with van der Waals surface area (Å²) in [6.45, 7) is 11.6. The van der Waals surface area contributed by atoms with Gasteiger partial charge >= 0.3 is 0 Å². The molecule has 0 spiro atoms. The maximum absolute atomic E-state index is 5.76. The Morgan fingerprint density at radius 3 is 2.08 bits per heavy atom. The fraction of sp³-hybridized carbons (Fsp3) is 1.00. The normalized spacial score (nSPS) is 16.5. The summed E-state index contributed by atoms with van der Waals surface area (Å²) in [5, 5.41) is 0. The summed E-state index contributed by atoms with van der Waals surface area (Å²) in [6, 6.07) is 0. The van der Waals surface area contributed by atoms with Crippen LogP contribution in [-0.4, -0.2) is 20.6 Å². The van der Waals surface area contributed by atoms with Crippen LogP contribution in [0.25, 0.3) is 0 Å². The van der Waals surface area contributed by atoms with Crippen LogP contribution < -0.4 is 0 Å². The molecule has 0 rings (SSSR count). The van der Waals surface area contributed by atoms with Crippen LogP contribution in [-0.2, 0) is 4.74 Å². The van der Waals surface area contributed by atoms with Crippen molar-refractivity contribution in [3.8, 4) is 0 Å². The van der Waals surface area contributed by atoms with Crippen LogP contribution in [0.15, 0.2) is 0 Å². The molecule has 0 aliphatic carbocycles. The number of hydrogen-bond donors (Lipinski definition) is 0. The van der Waals surface area contributed by atoms with Gasteiger partial charge in [0.1, 0.15) is 0 Å². The van der Waals surface area contributed by atoms with Crippen LogP contribution in [0.3, 0.4) is 0 Å². The van der Waals surface area contributed by atoms with Gasteiger partial charge in [0.15, 0.2) is 0 Å². The highest BCUT2D eigenvalue weighted by Crippen LogP contribution is 2.29. The van der Waals surface area contributed by atoms with Gasteiger partial charge in [-0.25, -0.2) is 0 Å². The van der Waals surface area contributed by atoms with E-state index in [1.54, 1.807) is 0 Å². The highest BCUT2D eigenvalue weighted by atomic mass is 16.5. The van der Waals surface area contributed by atoms with Crippen LogP contribution in [0.5, 0.6) is 0 Å². The zero-order valence-corrected chi connectivity index (χ0v) is 9.76. The van der Waals surface area contributed by atoms with Gasteiger partial charge in [0.05, 0.1) is 20.6 Å².